The van der Waals surface area contributed by atoms with Crippen LogP contribution in [0.5, 0.6) is 0 Å². The number of carbonyl (C=O) groups is 1. The Morgan fingerprint density at radius 3 is 2.37 bits per heavy atom. The number of nitrogens with one attached hydrogen (secondary N) is 1. The fourth-order valence-electron chi connectivity index (χ4n) is 1.85. The normalized spacial score (nSPS) is 12.9. The molecule has 2 rings (SSSR count). The highest BCUT2D eigenvalue weighted by Gasteiger charge is 2.26. The van der Waals surface area contributed by atoms with Crippen LogP contribution in [-0.4, -0.2) is 16.1 Å². The molecule has 19 heavy (non-hydrogen) atoms. The molecule has 1 aromatic heterocycles. The molecule has 8 heteroatoms. The molecule has 4 N–H and O–H groups in total. The molecule has 0 aliphatic carbocycles. The number of H-pyrrole nitrogens is 1. The zero-order valence-corrected chi connectivity index (χ0v) is 9.31. The number of aromatic amines is 1. The van der Waals surface area contributed by atoms with Gasteiger partial charge in [0.25, 0.3) is 0 Å². The van der Waals surface area contributed by atoms with E-state index in [2.05, 4.69) is 4.98 Å². The Morgan fingerprint density at radius 1 is 1.21 bits per heavy atom. The Kier molecular flexibility index (Phi) is 3.19. The molecule has 0 saturated carbocycles. The molecule has 0 amide bonds. The molecule has 1 heterocycles. The molecule has 0 aliphatic heterocycles. The summed E-state index contributed by atoms with van der Waals surface area (Å²) in [4.78, 5) is 12.7. The second-order valence-electron chi connectivity index (χ2n) is 3.95. The second-order valence-corrected chi connectivity index (χ2v) is 3.95. The van der Waals surface area contributed by atoms with E-state index in [0.29, 0.717) is 0 Å². The maximum Gasteiger partial charge on any atom is 0.305 e. The van der Waals surface area contributed by atoms with E-state index in [1.165, 1.54) is 0 Å². The van der Waals surface area contributed by atoms with Gasteiger partial charge in [-0.15, -0.1) is 0 Å². The molecule has 0 radical (unpaired) electrons. The smallest absolute Gasteiger partial charge is 0.305 e. The number of nitrogens with two attached hydrogens (primary N) is 1. The van der Waals surface area contributed by atoms with E-state index in [1.807, 2.05) is 0 Å². The van der Waals surface area contributed by atoms with Gasteiger partial charge in [0, 0.05) is 17.6 Å². The third-order valence-electron chi connectivity index (χ3n) is 2.72. The van der Waals surface area contributed by atoms with Gasteiger partial charge in [0.05, 0.1) is 11.9 Å². The SMILES string of the molecule is NC(CC(=O)O)c1c[nH]c2c(F)c(F)c(F)c(F)c12. The zero-order chi connectivity index (χ0) is 14.3. The third kappa shape index (κ3) is 2.03. The van der Waals surface area contributed by atoms with Gasteiger partial charge in [-0.3, -0.25) is 4.79 Å². The summed E-state index contributed by atoms with van der Waals surface area (Å²) in [6, 6.07) is -1.18. The maximum atomic E-state index is 13.6. The average molecular weight is 276 g/mol. The number of hydrogen-bond donors (Lipinski definition) is 3. The van der Waals surface area contributed by atoms with Crippen LogP contribution in [0.1, 0.15) is 18.0 Å². The third-order valence-corrected chi connectivity index (χ3v) is 2.72. The van der Waals surface area contributed by atoms with Crippen molar-refractivity contribution >= 4 is 16.9 Å². The predicted molar refractivity (Wildman–Crippen MR) is 57.3 cm³/mol. The van der Waals surface area contributed by atoms with Crippen molar-refractivity contribution in [3.05, 3.63) is 35.0 Å². The highest BCUT2D eigenvalue weighted by atomic mass is 19.2. The number of carboxylic acid groups (broad SMARTS) is 1. The first-order chi connectivity index (χ1) is 8.84. The summed E-state index contributed by atoms with van der Waals surface area (Å²) < 4.78 is 53.2. The lowest BCUT2D eigenvalue weighted by Gasteiger charge is -2.08. The van der Waals surface area contributed by atoms with Crippen LogP contribution in [-0.2, 0) is 4.79 Å². The summed E-state index contributed by atoms with van der Waals surface area (Å²) in [6.07, 6.45) is 0.469. The molecular weight excluding hydrogens is 268 g/mol. The van der Waals surface area contributed by atoms with Crippen molar-refractivity contribution in [1.29, 1.82) is 0 Å². The molecule has 0 fully saturated rings. The van der Waals surface area contributed by atoms with Crippen LogP contribution in [0, 0.1) is 23.3 Å². The summed E-state index contributed by atoms with van der Waals surface area (Å²) >= 11 is 0. The van der Waals surface area contributed by atoms with E-state index in [-0.39, 0.29) is 5.56 Å². The van der Waals surface area contributed by atoms with Crippen molar-refractivity contribution in [3.8, 4) is 0 Å². The van der Waals surface area contributed by atoms with E-state index in [4.69, 9.17) is 10.8 Å². The molecule has 0 bridgehead atoms. The van der Waals surface area contributed by atoms with Gasteiger partial charge in [0.1, 0.15) is 0 Å². The Labute approximate surface area is 103 Å². The van der Waals surface area contributed by atoms with Crippen molar-refractivity contribution in [2.75, 3.05) is 0 Å². The Morgan fingerprint density at radius 2 is 1.79 bits per heavy atom. The number of rotatable bonds is 3. The summed E-state index contributed by atoms with van der Waals surface area (Å²) in [5, 5.41) is 8.01. The lowest BCUT2D eigenvalue weighted by Crippen LogP contribution is -2.15. The molecule has 1 unspecified atom stereocenters. The summed E-state index contributed by atoms with van der Waals surface area (Å²) in [5.41, 5.74) is 4.79. The molecule has 0 saturated heterocycles. The van der Waals surface area contributed by atoms with Gasteiger partial charge in [-0.2, -0.15) is 0 Å². The summed E-state index contributed by atoms with van der Waals surface area (Å²) in [5.74, 6) is -8.35. The molecule has 2 aromatic rings. The highest BCUT2D eigenvalue weighted by molar-refractivity contribution is 5.85. The minimum Gasteiger partial charge on any atom is -0.481 e. The quantitative estimate of drug-likeness (QED) is 0.457. The van der Waals surface area contributed by atoms with Crippen LogP contribution >= 0.6 is 0 Å². The van der Waals surface area contributed by atoms with Gasteiger partial charge in [-0.1, -0.05) is 0 Å². The van der Waals surface area contributed by atoms with Gasteiger partial charge in [0.2, 0.25) is 0 Å². The van der Waals surface area contributed by atoms with Crippen LogP contribution < -0.4 is 5.73 Å². The van der Waals surface area contributed by atoms with E-state index < -0.39 is 52.6 Å². The van der Waals surface area contributed by atoms with Gasteiger partial charge in [-0.25, -0.2) is 17.6 Å². The largest absolute Gasteiger partial charge is 0.481 e. The number of aliphatic carboxylic acids is 1. The van der Waals surface area contributed by atoms with Gasteiger partial charge >= 0.3 is 5.97 Å². The average Bonchev–Trinajstić information content (AvgIpc) is 2.77. The fraction of sp³-hybridized carbons (Fsp3) is 0.182. The minimum atomic E-state index is -1.96. The number of hydrogen-bond acceptors (Lipinski definition) is 2. The van der Waals surface area contributed by atoms with Crippen LogP contribution in [0.2, 0.25) is 0 Å². The topological polar surface area (TPSA) is 79.1 Å². The molecule has 0 aliphatic rings. The Bertz CT molecular complexity index is 668. The number of halogens is 4. The van der Waals surface area contributed by atoms with E-state index in [1.54, 1.807) is 0 Å². The number of benzene rings is 1. The molecule has 0 spiro atoms. The van der Waals surface area contributed by atoms with Crippen molar-refractivity contribution in [3.63, 3.8) is 0 Å². The monoisotopic (exact) mass is 276 g/mol. The number of carboxylic acids is 1. The van der Waals surface area contributed by atoms with Crippen molar-refractivity contribution in [2.24, 2.45) is 5.73 Å². The van der Waals surface area contributed by atoms with Gasteiger partial charge < -0.3 is 15.8 Å². The number of fused-ring (bicyclic) bond motifs is 1. The first-order valence-corrected chi connectivity index (χ1v) is 5.14. The van der Waals surface area contributed by atoms with E-state index in [0.717, 1.165) is 6.20 Å². The molecule has 4 nitrogen and oxygen atoms in total. The number of aromatic nitrogens is 1. The summed E-state index contributed by atoms with van der Waals surface area (Å²) in [6.45, 7) is 0. The summed E-state index contributed by atoms with van der Waals surface area (Å²) in [7, 11) is 0. The van der Waals surface area contributed by atoms with E-state index in [9.17, 15) is 22.4 Å². The molecule has 1 atom stereocenters. The Balaban J connectivity index is 2.69. The predicted octanol–water partition coefficient (Wildman–Crippen LogP) is 2.20. The van der Waals surface area contributed by atoms with Gasteiger partial charge in [0.15, 0.2) is 23.3 Å². The first kappa shape index (κ1) is 13.3. The first-order valence-electron chi connectivity index (χ1n) is 5.14. The van der Waals surface area contributed by atoms with Crippen LogP contribution in [0.4, 0.5) is 17.6 Å². The van der Waals surface area contributed by atoms with Crippen molar-refractivity contribution in [1.82, 2.24) is 4.98 Å². The van der Waals surface area contributed by atoms with Gasteiger partial charge in [-0.05, 0) is 5.56 Å². The van der Waals surface area contributed by atoms with Crippen LogP contribution in [0.25, 0.3) is 10.9 Å². The lowest BCUT2D eigenvalue weighted by atomic mass is 10.0. The molecule has 102 valence electrons. The highest BCUT2D eigenvalue weighted by Crippen LogP contribution is 2.32. The standard InChI is InChI=1S/C11H8F4N2O2/c12-7-6-3(4(16)1-5(18)19)2-17-11(6)10(15)9(14)8(7)13/h2,4,17H,1,16H2,(H,18,19). The maximum absolute atomic E-state index is 13.6. The lowest BCUT2D eigenvalue weighted by molar-refractivity contribution is -0.137. The van der Waals surface area contributed by atoms with E-state index >= 15 is 0 Å². The van der Waals surface area contributed by atoms with Crippen LogP contribution in [0.15, 0.2) is 6.20 Å². The zero-order valence-electron chi connectivity index (χ0n) is 9.31. The van der Waals surface area contributed by atoms with Crippen LogP contribution in [0.3, 0.4) is 0 Å². The van der Waals surface area contributed by atoms with Crippen molar-refractivity contribution in [2.45, 2.75) is 12.5 Å². The van der Waals surface area contributed by atoms with Crippen molar-refractivity contribution < 1.29 is 27.5 Å². The fourth-order valence-corrected chi connectivity index (χ4v) is 1.85. The molecular formula is C11H8F4N2O2. The minimum absolute atomic E-state index is 0.132. The molecule has 1 aromatic carbocycles. The Hall–Kier alpha value is -2.09. The second kappa shape index (κ2) is 4.54.